The molecule has 14 nitrogen and oxygen atoms in total. The summed E-state index contributed by atoms with van der Waals surface area (Å²) in [6.07, 6.45) is 29.2. The average Bonchev–Trinajstić information content (AvgIpc) is 3.32. The molecule has 11 unspecified atom stereocenters. The second-order valence-electron chi connectivity index (χ2n) is 18.7. The lowest BCUT2D eigenvalue weighted by Gasteiger charge is -2.42. The first kappa shape index (κ1) is 61.3. The number of esters is 1. The van der Waals surface area contributed by atoms with Gasteiger partial charge in [0, 0.05) is 13.0 Å². The maximum atomic E-state index is 13.0. The Morgan fingerprint density at radius 2 is 0.940 bits per heavy atom. The molecule has 0 saturated carbocycles. The van der Waals surface area contributed by atoms with E-state index in [1.165, 1.54) is 103 Å². The highest BCUT2D eigenvalue weighted by atomic mass is 16.7. The van der Waals surface area contributed by atoms with Crippen LogP contribution in [0.25, 0.3) is 0 Å². The lowest BCUT2D eigenvalue weighted by Crippen LogP contribution is -2.61. The minimum atomic E-state index is -1.71. The zero-order valence-electron chi connectivity index (χ0n) is 41.6. The van der Waals surface area contributed by atoms with E-state index in [9.17, 15) is 40.5 Å². The quantitative estimate of drug-likeness (QED) is 0.0175. The molecule has 7 N–H and O–H groups in total. The number of hydrogen-bond donors (Lipinski definition) is 7. The first-order chi connectivity index (χ1) is 32.6. The number of unbranched alkanes of at least 4 members (excludes halogenated alkanes) is 22. The molecule has 0 aromatic carbocycles. The monoisotopic (exact) mass is 957 g/mol. The van der Waals surface area contributed by atoms with Crippen molar-refractivity contribution in [2.75, 3.05) is 33.0 Å². The van der Waals surface area contributed by atoms with Gasteiger partial charge in [0.25, 0.3) is 0 Å². The van der Waals surface area contributed by atoms with Crippen LogP contribution in [0.3, 0.4) is 0 Å². The number of aliphatic hydroxyl groups is 7. The lowest BCUT2D eigenvalue weighted by molar-refractivity contribution is -0.332. The molecular weight excluding hydrogens is 861 g/mol. The van der Waals surface area contributed by atoms with Gasteiger partial charge in [-0.15, -0.1) is 0 Å². The van der Waals surface area contributed by atoms with Gasteiger partial charge in [0.2, 0.25) is 0 Å². The first-order valence-corrected chi connectivity index (χ1v) is 26.6. The molecule has 14 heteroatoms. The molecule has 2 aliphatic rings. The van der Waals surface area contributed by atoms with Gasteiger partial charge in [-0.25, -0.2) is 0 Å². The second kappa shape index (κ2) is 40.9. The Hall–Kier alpha value is -1.79. The fourth-order valence-electron chi connectivity index (χ4n) is 8.24. The summed E-state index contributed by atoms with van der Waals surface area (Å²) in [6, 6.07) is 0. The number of aliphatic hydroxyl groups excluding tert-OH is 7. The SMILES string of the molecule is CCCC/C=C\C/C=C\CCCCCCCC(=O)OC(COCCCCCCCCCC/C=C\CCCCCCCCC)COC1OC(COC2OC(CO)C(O)C(O)C2O)C(O)C(O)C1O. The van der Waals surface area contributed by atoms with Gasteiger partial charge >= 0.3 is 5.97 Å². The van der Waals surface area contributed by atoms with Crippen molar-refractivity contribution in [3.8, 4) is 0 Å². The van der Waals surface area contributed by atoms with Crippen molar-refractivity contribution in [3.05, 3.63) is 36.5 Å². The van der Waals surface area contributed by atoms with Crippen molar-refractivity contribution in [3.63, 3.8) is 0 Å². The van der Waals surface area contributed by atoms with E-state index in [4.69, 9.17) is 28.4 Å². The summed E-state index contributed by atoms with van der Waals surface area (Å²) in [5, 5.41) is 72.1. The van der Waals surface area contributed by atoms with Crippen LogP contribution in [0.15, 0.2) is 36.5 Å². The Kier molecular flexibility index (Phi) is 37.4. The third-order valence-corrected chi connectivity index (χ3v) is 12.6. The van der Waals surface area contributed by atoms with Crippen molar-refractivity contribution in [1.29, 1.82) is 0 Å². The summed E-state index contributed by atoms with van der Waals surface area (Å²) in [5.74, 6) is -0.391. The molecule has 2 aliphatic heterocycles. The van der Waals surface area contributed by atoms with E-state index >= 15 is 0 Å². The first-order valence-electron chi connectivity index (χ1n) is 26.6. The van der Waals surface area contributed by atoms with E-state index in [-0.39, 0.29) is 19.6 Å². The highest BCUT2D eigenvalue weighted by molar-refractivity contribution is 5.69. The molecule has 67 heavy (non-hydrogen) atoms. The predicted molar refractivity (Wildman–Crippen MR) is 261 cm³/mol. The molecule has 0 amide bonds. The number of rotatable bonds is 42. The van der Waals surface area contributed by atoms with Crippen LogP contribution in [0.2, 0.25) is 0 Å². The highest BCUT2D eigenvalue weighted by Gasteiger charge is 2.47. The van der Waals surface area contributed by atoms with Gasteiger partial charge in [0.05, 0.1) is 26.4 Å². The van der Waals surface area contributed by atoms with Crippen LogP contribution in [-0.4, -0.2) is 142 Å². The second-order valence-corrected chi connectivity index (χ2v) is 18.7. The van der Waals surface area contributed by atoms with Gasteiger partial charge in [-0.05, 0) is 64.2 Å². The van der Waals surface area contributed by atoms with Crippen LogP contribution in [0, 0.1) is 0 Å². The number of carbonyl (C=O) groups is 1. The molecule has 0 spiro atoms. The normalized spacial score (nSPS) is 26.3. The van der Waals surface area contributed by atoms with Crippen LogP contribution in [0.1, 0.15) is 194 Å². The number of ether oxygens (including phenoxy) is 6. The number of carbonyl (C=O) groups excluding carboxylic acids is 1. The number of hydrogen-bond acceptors (Lipinski definition) is 14. The van der Waals surface area contributed by atoms with E-state index in [0.717, 1.165) is 64.2 Å². The van der Waals surface area contributed by atoms with Crippen molar-refractivity contribution >= 4 is 5.97 Å². The fraction of sp³-hybridized carbons (Fsp3) is 0.868. The standard InChI is InChI=1S/C53H96O14/c1-3-5-7-9-11-13-15-17-19-20-21-22-23-25-27-29-31-33-35-37-62-39-42(65-45(55)36-34-32-30-28-26-24-18-16-14-12-10-8-6-4-2)40-63-52-51(61)49(59)47(57)44(67-52)41-64-53-50(60)48(58)46(56)43(38-54)66-53/h10,12,16,18-20,42-44,46-54,56-61H,3-9,11,13-15,17,21-41H2,1-2H3/b12-10-,18-16-,20-19-. The maximum Gasteiger partial charge on any atom is 0.306 e. The molecule has 0 aliphatic carbocycles. The van der Waals surface area contributed by atoms with Gasteiger partial charge in [0.1, 0.15) is 54.9 Å². The number of allylic oxidation sites excluding steroid dienone is 6. The fourth-order valence-corrected chi connectivity index (χ4v) is 8.24. The summed E-state index contributed by atoms with van der Waals surface area (Å²) >= 11 is 0. The van der Waals surface area contributed by atoms with E-state index in [1.807, 2.05) is 0 Å². The van der Waals surface area contributed by atoms with Crippen molar-refractivity contribution in [2.24, 2.45) is 0 Å². The van der Waals surface area contributed by atoms with E-state index in [0.29, 0.717) is 13.0 Å². The Labute approximate surface area is 404 Å². The Balaban J connectivity index is 1.75. The molecular formula is C53H96O14. The molecule has 0 bridgehead atoms. The van der Waals surface area contributed by atoms with E-state index in [2.05, 4.69) is 50.3 Å². The molecule has 392 valence electrons. The third-order valence-electron chi connectivity index (χ3n) is 12.6. The van der Waals surface area contributed by atoms with Gasteiger partial charge in [0.15, 0.2) is 12.6 Å². The lowest BCUT2D eigenvalue weighted by atomic mass is 9.98. The summed E-state index contributed by atoms with van der Waals surface area (Å²) in [7, 11) is 0. The van der Waals surface area contributed by atoms with Gasteiger partial charge < -0.3 is 64.2 Å². The van der Waals surface area contributed by atoms with E-state index in [1.54, 1.807) is 0 Å². The zero-order chi connectivity index (χ0) is 48.7. The molecule has 2 rings (SSSR count). The van der Waals surface area contributed by atoms with Crippen LogP contribution < -0.4 is 0 Å². The van der Waals surface area contributed by atoms with Crippen molar-refractivity contribution in [2.45, 2.75) is 261 Å². The van der Waals surface area contributed by atoms with E-state index < -0.39 is 86.7 Å². The van der Waals surface area contributed by atoms with Crippen LogP contribution in [-0.2, 0) is 33.2 Å². The minimum absolute atomic E-state index is 0.0545. The molecule has 2 heterocycles. The summed E-state index contributed by atoms with van der Waals surface area (Å²) in [5.41, 5.74) is 0. The van der Waals surface area contributed by atoms with Crippen LogP contribution in [0.4, 0.5) is 0 Å². The largest absolute Gasteiger partial charge is 0.457 e. The topological polar surface area (TPSA) is 214 Å². The maximum absolute atomic E-state index is 13.0. The third kappa shape index (κ3) is 28.6. The summed E-state index contributed by atoms with van der Waals surface area (Å²) in [4.78, 5) is 13.0. The van der Waals surface area contributed by atoms with Gasteiger partial charge in [-0.3, -0.25) is 4.79 Å². The Morgan fingerprint density at radius 3 is 1.49 bits per heavy atom. The minimum Gasteiger partial charge on any atom is -0.457 e. The Bertz CT molecular complexity index is 1250. The van der Waals surface area contributed by atoms with Gasteiger partial charge in [-0.1, -0.05) is 159 Å². The Morgan fingerprint density at radius 1 is 0.493 bits per heavy atom. The van der Waals surface area contributed by atoms with Crippen LogP contribution in [0.5, 0.6) is 0 Å². The molecule has 2 fully saturated rings. The molecule has 11 atom stereocenters. The van der Waals surface area contributed by atoms with Crippen LogP contribution >= 0.6 is 0 Å². The van der Waals surface area contributed by atoms with Crippen molar-refractivity contribution in [1.82, 2.24) is 0 Å². The molecule has 0 aromatic heterocycles. The average molecular weight is 957 g/mol. The molecule has 2 saturated heterocycles. The zero-order valence-corrected chi connectivity index (χ0v) is 41.6. The summed E-state index contributed by atoms with van der Waals surface area (Å²) in [6.45, 7) is 3.63. The smallest absolute Gasteiger partial charge is 0.306 e. The van der Waals surface area contributed by atoms with Crippen molar-refractivity contribution < 1.29 is 69.0 Å². The van der Waals surface area contributed by atoms with Gasteiger partial charge in [-0.2, -0.15) is 0 Å². The molecule has 0 aromatic rings. The summed E-state index contributed by atoms with van der Waals surface area (Å²) < 4.78 is 34.3. The predicted octanol–water partition coefficient (Wildman–Crippen LogP) is 8.19. The highest BCUT2D eigenvalue weighted by Crippen LogP contribution is 2.26. The molecule has 0 radical (unpaired) electrons.